The van der Waals surface area contributed by atoms with E-state index < -0.39 is 21.3 Å². The summed E-state index contributed by atoms with van der Waals surface area (Å²) < 4.78 is 24.5. The van der Waals surface area contributed by atoms with Gasteiger partial charge in [0, 0.05) is 29.5 Å². The Kier molecular flexibility index (Phi) is 5.57. The lowest BCUT2D eigenvalue weighted by Crippen LogP contribution is -2.48. The van der Waals surface area contributed by atoms with Crippen molar-refractivity contribution >= 4 is 27.3 Å². The Morgan fingerprint density at radius 1 is 1.33 bits per heavy atom. The number of aliphatic hydroxyl groups is 1. The average Bonchev–Trinajstić information content (AvgIpc) is 2.54. The fraction of sp³-hybridized carbons (Fsp3) is 0.600. The van der Waals surface area contributed by atoms with E-state index >= 15 is 0 Å². The minimum Gasteiger partial charge on any atom is -0.388 e. The van der Waals surface area contributed by atoms with Crippen LogP contribution in [0.5, 0.6) is 0 Å². The molecular weight excluding hydrogens is 306 g/mol. The van der Waals surface area contributed by atoms with E-state index in [2.05, 4.69) is 0 Å². The summed E-state index contributed by atoms with van der Waals surface area (Å²) in [5, 5.41) is 9.40. The highest BCUT2D eigenvalue weighted by molar-refractivity contribution is 8.01. The van der Waals surface area contributed by atoms with E-state index in [1.54, 1.807) is 18.7 Å². The van der Waals surface area contributed by atoms with Gasteiger partial charge in [-0.3, -0.25) is 0 Å². The largest absolute Gasteiger partial charge is 0.388 e. The summed E-state index contributed by atoms with van der Waals surface area (Å²) in [4.78, 5) is 1.98. The van der Waals surface area contributed by atoms with Gasteiger partial charge in [-0.1, -0.05) is 26.0 Å². The van der Waals surface area contributed by atoms with Gasteiger partial charge in [-0.25, -0.2) is 8.42 Å². The second kappa shape index (κ2) is 7.03. The first-order valence-corrected chi connectivity index (χ1v) is 10.2. The monoisotopic (exact) mass is 329 g/mol. The van der Waals surface area contributed by atoms with Crippen molar-refractivity contribution in [1.29, 1.82) is 0 Å². The van der Waals surface area contributed by atoms with Gasteiger partial charge in [-0.15, -0.1) is 0 Å². The SMILES string of the molecule is CC[C@@H](O)c1ccc(N2CCSCC2S(=O)(=O)CC)cc1. The van der Waals surface area contributed by atoms with Crippen LogP contribution in [0, 0.1) is 0 Å². The quantitative estimate of drug-likeness (QED) is 0.899. The standard InChI is InChI=1S/C15H23NO3S2/c1-3-14(17)12-5-7-13(8-6-12)16-9-10-20-11-15(16)21(18,19)4-2/h5-8,14-15,17H,3-4,9-11H2,1-2H3/t14-,15?/m1/s1. The third-order valence-corrected chi connectivity index (χ3v) is 7.19. The van der Waals surface area contributed by atoms with Gasteiger partial charge in [-0.05, 0) is 24.1 Å². The molecule has 1 aromatic carbocycles. The van der Waals surface area contributed by atoms with Crippen LogP contribution in [0.2, 0.25) is 0 Å². The average molecular weight is 329 g/mol. The van der Waals surface area contributed by atoms with E-state index in [1.165, 1.54) is 0 Å². The molecule has 1 heterocycles. The first kappa shape index (κ1) is 16.6. The second-order valence-electron chi connectivity index (χ2n) is 5.19. The lowest BCUT2D eigenvalue weighted by Gasteiger charge is -2.36. The van der Waals surface area contributed by atoms with E-state index in [0.29, 0.717) is 12.2 Å². The molecule has 0 bridgehead atoms. The Bertz CT molecular complexity index is 557. The Morgan fingerprint density at radius 2 is 2.00 bits per heavy atom. The van der Waals surface area contributed by atoms with E-state index in [-0.39, 0.29) is 5.75 Å². The molecule has 6 heteroatoms. The number of anilines is 1. The van der Waals surface area contributed by atoms with Gasteiger partial charge >= 0.3 is 0 Å². The van der Waals surface area contributed by atoms with Crippen LogP contribution < -0.4 is 4.90 Å². The molecule has 0 radical (unpaired) electrons. The second-order valence-corrected chi connectivity index (χ2v) is 8.79. The van der Waals surface area contributed by atoms with Crippen molar-refractivity contribution in [2.75, 3.05) is 28.7 Å². The first-order valence-electron chi connectivity index (χ1n) is 7.33. The number of rotatable bonds is 5. The molecule has 0 spiro atoms. The molecule has 2 atom stereocenters. The van der Waals surface area contributed by atoms with Gasteiger partial charge in [0.05, 0.1) is 6.10 Å². The smallest absolute Gasteiger partial charge is 0.171 e. The molecule has 4 nitrogen and oxygen atoms in total. The van der Waals surface area contributed by atoms with Crippen LogP contribution in [0.3, 0.4) is 0 Å². The van der Waals surface area contributed by atoms with Crippen molar-refractivity contribution in [2.24, 2.45) is 0 Å². The number of hydrogen-bond donors (Lipinski definition) is 1. The fourth-order valence-corrected chi connectivity index (χ4v) is 5.48. The van der Waals surface area contributed by atoms with Gasteiger partial charge in [0.15, 0.2) is 9.84 Å². The molecule has 2 rings (SSSR count). The Hall–Kier alpha value is -0.720. The van der Waals surface area contributed by atoms with Crippen molar-refractivity contribution in [1.82, 2.24) is 0 Å². The van der Waals surface area contributed by atoms with E-state index in [9.17, 15) is 13.5 Å². The lowest BCUT2D eigenvalue weighted by molar-refractivity contribution is 0.173. The molecule has 1 unspecified atom stereocenters. The van der Waals surface area contributed by atoms with Gasteiger partial charge in [0.2, 0.25) is 0 Å². The minimum atomic E-state index is -3.09. The summed E-state index contributed by atoms with van der Waals surface area (Å²) in [7, 11) is -3.09. The predicted octanol–water partition coefficient (Wildman–Crippen LogP) is 2.44. The molecule has 1 aromatic rings. The van der Waals surface area contributed by atoms with Crippen LogP contribution in [0.15, 0.2) is 24.3 Å². The summed E-state index contributed by atoms with van der Waals surface area (Å²) >= 11 is 1.69. The normalized spacial score (nSPS) is 21.3. The molecule has 1 aliphatic rings. The molecule has 0 amide bonds. The Balaban J connectivity index is 2.26. The summed E-state index contributed by atoms with van der Waals surface area (Å²) in [5.74, 6) is 1.73. The van der Waals surface area contributed by atoms with Crippen LogP contribution in [-0.2, 0) is 9.84 Å². The van der Waals surface area contributed by atoms with Gasteiger partial charge in [0.25, 0.3) is 0 Å². The summed E-state index contributed by atoms with van der Waals surface area (Å²) in [5.41, 5.74) is 1.80. The fourth-order valence-electron chi connectivity index (χ4n) is 2.49. The number of benzene rings is 1. The van der Waals surface area contributed by atoms with Gasteiger partial charge < -0.3 is 10.0 Å². The zero-order valence-corrected chi connectivity index (χ0v) is 14.2. The molecule has 1 saturated heterocycles. The topological polar surface area (TPSA) is 57.6 Å². The molecule has 1 aliphatic heterocycles. The lowest BCUT2D eigenvalue weighted by atomic mass is 10.1. The first-order chi connectivity index (χ1) is 9.99. The molecule has 118 valence electrons. The van der Waals surface area contributed by atoms with Crippen LogP contribution >= 0.6 is 11.8 Å². The molecule has 0 aliphatic carbocycles. The van der Waals surface area contributed by atoms with Crippen LogP contribution in [0.1, 0.15) is 31.9 Å². The number of hydrogen-bond acceptors (Lipinski definition) is 5. The minimum absolute atomic E-state index is 0.168. The number of thioether (sulfide) groups is 1. The van der Waals surface area contributed by atoms with Gasteiger partial charge in [0.1, 0.15) is 5.37 Å². The highest BCUT2D eigenvalue weighted by atomic mass is 32.2. The third-order valence-electron chi connectivity index (χ3n) is 3.90. The van der Waals surface area contributed by atoms with E-state index in [0.717, 1.165) is 23.5 Å². The maximum atomic E-state index is 12.3. The highest BCUT2D eigenvalue weighted by Gasteiger charge is 2.32. The van der Waals surface area contributed by atoms with Crippen LogP contribution in [0.4, 0.5) is 5.69 Å². The maximum absolute atomic E-state index is 12.3. The zero-order valence-electron chi connectivity index (χ0n) is 12.5. The summed E-state index contributed by atoms with van der Waals surface area (Å²) in [6.45, 7) is 4.38. The molecule has 21 heavy (non-hydrogen) atoms. The van der Waals surface area contributed by atoms with Crippen LogP contribution in [-0.4, -0.2) is 42.7 Å². The predicted molar refractivity (Wildman–Crippen MR) is 89.6 cm³/mol. The molecule has 1 fully saturated rings. The highest BCUT2D eigenvalue weighted by Crippen LogP contribution is 2.28. The molecule has 0 aromatic heterocycles. The van der Waals surface area contributed by atoms with Crippen molar-refractivity contribution in [3.8, 4) is 0 Å². The molecule has 0 saturated carbocycles. The number of sulfone groups is 1. The zero-order chi connectivity index (χ0) is 15.5. The van der Waals surface area contributed by atoms with E-state index in [1.807, 2.05) is 36.1 Å². The maximum Gasteiger partial charge on any atom is 0.171 e. The van der Waals surface area contributed by atoms with Crippen molar-refractivity contribution in [3.05, 3.63) is 29.8 Å². The van der Waals surface area contributed by atoms with Crippen molar-refractivity contribution in [2.45, 2.75) is 31.7 Å². The third kappa shape index (κ3) is 3.73. The Morgan fingerprint density at radius 3 is 2.57 bits per heavy atom. The molecular formula is C15H23NO3S2. The summed E-state index contributed by atoms with van der Waals surface area (Å²) in [6.07, 6.45) is 0.220. The summed E-state index contributed by atoms with van der Waals surface area (Å²) in [6, 6.07) is 7.62. The Labute approximate surface area is 131 Å². The van der Waals surface area contributed by atoms with E-state index in [4.69, 9.17) is 0 Å². The number of aliphatic hydroxyl groups excluding tert-OH is 1. The van der Waals surface area contributed by atoms with Gasteiger partial charge in [-0.2, -0.15) is 11.8 Å². The van der Waals surface area contributed by atoms with Crippen molar-refractivity contribution < 1.29 is 13.5 Å². The van der Waals surface area contributed by atoms with Crippen LogP contribution in [0.25, 0.3) is 0 Å². The number of nitrogens with zero attached hydrogens (tertiary/aromatic N) is 1. The van der Waals surface area contributed by atoms with Crippen molar-refractivity contribution in [3.63, 3.8) is 0 Å². The molecule has 1 N–H and O–H groups in total.